The van der Waals surface area contributed by atoms with Gasteiger partial charge in [0.15, 0.2) is 0 Å². The predicted molar refractivity (Wildman–Crippen MR) is 93.9 cm³/mol. The summed E-state index contributed by atoms with van der Waals surface area (Å²) >= 11 is 0. The largest absolute Gasteiger partial charge is 0.341 e. The van der Waals surface area contributed by atoms with E-state index < -0.39 is 0 Å². The number of nitrogens with zero attached hydrogens (tertiary/aromatic N) is 5. The van der Waals surface area contributed by atoms with Crippen LogP contribution in [0.5, 0.6) is 0 Å². The van der Waals surface area contributed by atoms with E-state index in [1.165, 1.54) is 11.3 Å². The van der Waals surface area contributed by atoms with Crippen LogP contribution in [0.2, 0.25) is 0 Å². The zero-order valence-electron chi connectivity index (χ0n) is 14.4. The molecule has 1 aromatic carbocycles. The maximum Gasteiger partial charge on any atom is 0.244 e. The number of aromatic nitrogens is 5. The quantitative estimate of drug-likeness (QED) is 0.788. The predicted octanol–water partition coefficient (Wildman–Crippen LogP) is 1.94. The van der Waals surface area contributed by atoms with Gasteiger partial charge in [-0.05, 0) is 49.8 Å². The van der Waals surface area contributed by atoms with E-state index in [0.717, 1.165) is 43.4 Å². The van der Waals surface area contributed by atoms with Crippen molar-refractivity contribution in [2.75, 3.05) is 13.1 Å². The number of benzene rings is 1. The number of carbonyl (C=O) groups excluding carboxylic acids is 1. The fourth-order valence-corrected chi connectivity index (χ4v) is 3.59. The van der Waals surface area contributed by atoms with Gasteiger partial charge in [-0.25, -0.2) is 4.68 Å². The van der Waals surface area contributed by atoms with Crippen molar-refractivity contribution in [2.45, 2.75) is 32.7 Å². The van der Waals surface area contributed by atoms with Gasteiger partial charge in [0, 0.05) is 18.8 Å². The molecule has 1 N–H and O–H groups in total. The van der Waals surface area contributed by atoms with E-state index in [1.807, 2.05) is 35.4 Å². The molecule has 130 valence electrons. The topological polar surface area (TPSA) is 79.7 Å². The first-order valence-electron chi connectivity index (χ1n) is 8.75. The Hall–Kier alpha value is -2.70. The fraction of sp³-hybridized carbons (Fsp3) is 0.444. The number of aryl methyl sites for hydroxylation is 1. The third kappa shape index (κ3) is 3.26. The van der Waals surface area contributed by atoms with Gasteiger partial charge in [-0.1, -0.05) is 17.3 Å². The third-order valence-corrected chi connectivity index (χ3v) is 5.00. The summed E-state index contributed by atoms with van der Waals surface area (Å²) in [5, 5.41) is 15.4. The Morgan fingerprint density at radius 1 is 1.36 bits per heavy atom. The van der Waals surface area contributed by atoms with Crippen molar-refractivity contribution < 1.29 is 4.79 Å². The summed E-state index contributed by atoms with van der Waals surface area (Å²) in [6.07, 6.45) is 5.00. The molecule has 0 radical (unpaired) electrons. The molecule has 0 spiro atoms. The number of hydrogen-bond donors (Lipinski definition) is 1. The molecule has 1 atom stereocenters. The van der Waals surface area contributed by atoms with E-state index in [1.54, 1.807) is 4.68 Å². The van der Waals surface area contributed by atoms with E-state index in [2.05, 4.69) is 27.4 Å². The van der Waals surface area contributed by atoms with Crippen LogP contribution < -0.4 is 0 Å². The summed E-state index contributed by atoms with van der Waals surface area (Å²) in [5.74, 6) is 0.589. The summed E-state index contributed by atoms with van der Waals surface area (Å²) in [4.78, 5) is 14.7. The number of likely N-dealkylation sites (tertiary alicyclic amines) is 1. The molecule has 1 aliphatic rings. The molecule has 3 aromatic rings. The van der Waals surface area contributed by atoms with Gasteiger partial charge in [0.05, 0.1) is 11.7 Å². The molecule has 0 bridgehead atoms. The van der Waals surface area contributed by atoms with Gasteiger partial charge in [0.2, 0.25) is 5.91 Å². The number of rotatable bonds is 4. The molecule has 25 heavy (non-hydrogen) atoms. The van der Waals surface area contributed by atoms with Gasteiger partial charge >= 0.3 is 0 Å². The SMILES string of the molecule is Cc1cn[nH]c1CC1CCCN(C(=O)Cn2nnc3ccccc32)C1. The lowest BCUT2D eigenvalue weighted by Crippen LogP contribution is -2.42. The van der Waals surface area contributed by atoms with E-state index in [4.69, 9.17) is 0 Å². The minimum atomic E-state index is 0.113. The van der Waals surface area contributed by atoms with Gasteiger partial charge in [0.25, 0.3) is 0 Å². The first kappa shape index (κ1) is 15.8. The summed E-state index contributed by atoms with van der Waals surface area (Å²) < 4.78 is 1.69. The molecule has 1 fully saturated rings. The normalized spacial score (nSPS) is 18.0. The van der Waals surface area contributed by atoms with Crippen molar-refractivity contribution in [2.24, 2.45) is 5.92 Å². The van der Waals surface area contributed by atoms with Crippen molar-refractivity contribution in [3.63, 3.8) is 0 Å². The minimum Gasteiger partial charge on any atom is -0.341 e. The van der Waals surface area contributed by atoms with Crippen molar-refractivity contribution >= 4 is 16.9 Å². The Balaban J connectivity index is 1.42. The Morgan fingerprint density at radius 3 is 3.08 bits per heavy atom. The molecule has 1 aliphatic heterocycles. The van der Waals surface area contributed by atoms with Gasteiger partial charge in [-0.2, -0.15) is 5.10 Å². The van der Waals surface area contributed by atoms with Crippen LogP contribution in [0.4, 0.5) is 0 Å². The van der Waals surface area contributed by atoms with E-state index in [-0.39, 0.29) is 12.5 Å². The first-order valence-corrected chi connectivity index (χ1v) is 8.75. The van der Waals surface area contributed by atoms with Crippen molar-refractivity contribution in [1.82, 2.24) is 30.1 Å². The molecule has 7 heteroatoms. The Labute approximate surface area is 146 Å². The molecule has 0 aliphatic carbocycles. The van der Waals surface area contributed by atoms with E-state index >= 15 is 0 Å². The van der Waals surface area contributed by atoms with Gasteiger partial charge in [0.1, 0.15) is 12.1 Å². The summed E-state index contributed by atoms with van der Waals surface area (Å²) in [6.45, 7) is 3.94. The number of para-hydroxylation sites is 1. The van der Waals surface area contributed by atoms with Crippen LogP contribution in [0.15, 0.2) is 30.5 Å². The molecule has 2 aromatic heterocycles. The highest BCUT2D eigenvalue weighted by Crippen LogP contribution is 2.22. The maximum atomic E-state index is 12.7. The molecule has 0 saturated carbocycles. The van der Waals surface area contributed by atoms with Gasteiger partial charge < -0.3 is 4.90 Å². The number of piperidine rings is 1. The average molecular weight is 338 g/mol. The highest BCUT2D eigenvalue weighted by Gasteiger charge is 2.25. The second kappa shape index (κ2) is 6.66. The van der Waals surface area contributed by atoms with Gasteiger partial charge in [-0.15, -0.1) is 5.10 Å². The van der Waals surface area contributed by atoms with Crippen LogP contribution >= 0.6 is 0 Å². The van der Waals surface area contributed by atoms with Crippen LogP contribution in [0.25, 0.3) is 11.0 Å². The minimum absolute atomic E-state index is 0.113. The third-order valence-electron chi connectivity index (χ3n) is 5.00. The van der Waals surface area contributed by atoms with Crippen LogP contribution in [0, 0.1) is 12.8 Å². The smallest absolute Gasteiger partial charge is 0.244 e. The number of amides is 1. The zero-order chi connectivity index (χ0) is 17.2. The van der Waals surface area contributed by atoms with Crippen LogP contribution in [-0.4, -0.2) is 49.1 Å². The number of H-pyrrole nitrogens is 1. The van der Waals surface area contributed by atoms with Crippen LogP contribution in [0.1, 0.15) is 24.1 Å². The number of carbonyl (C=O) groups is 1. The second-order valence-electron chi connectivity index (χ2n) is 6.82. The highest BCUT2D eigenvalue weighted by molar-refractivity contribution is 5.79. The lowest BCUT2D eigenvalue weighted by molar-refractivity contribution is -0.133. The number of hydrogen-bond acceptors (Lipinski definition) is 4. The monoisotopic (exact) mass is 338 g/mol. The summed E-state index contributed by atoms with van der Waals surface area (Å²) in [6, 6.07) is 7.72. The molecule has 1 amide bonds. The Morgan fingerprint density at radius 2 is 2.24 bits per heavy atom. The summed E-state index contributed by atoms with van der Waals surface area (Å²) in [7, 11) is 0. The molecule has 7 nitrogen and oxygen atoms in total. The van der Waals surface area contributed by atoms with E-state index in [9.17, 15) is 4.79 Å². The van der Waals surface area contributed by atoms with Crippen LogP contribution in [0.3, 0.4) is 0 Å². The molecular formula is C18H22N6O. The maximum absolute atomic E-state index is 12.7. The van der Waals surface area contributed by atoms with E-state index in [0.29, 0.717) is 5.92 Å². The molecule has 3 heterocycles. The van der Waals surface area contributed by atoms with Crippen molar-refractivity contribution in [3.05, 3.63) is 41.7 Å². The number of aromatic amines is 1. The zero-order valence-corrected chi connectivity index (χ0v) is 14.4. The standard InChI is InChI=1S/C18H22N6O/c1-13-10-19-20-16(13)9-14-5-4-8-23(11-14)18(25)12-24-17-7-3-2-6-15(17)21-22-24/h2-3,6-7,10,14H,4-5,8-9,11-12H2,1H3,(H,19,20). The second-order valence-corrected chi connectivity index (χ2v) is 6.82. The Kier molecular flexibility index (Phi) is 4.21. The van der Waals surface area contributed by atoms with Crippen molar-refractivity contribution in [1.29, 1.82) is 0 Å². The lowest BCUT2D eigenvalue weighted by Gasteiger charge is -2.32. The number of nitrogens with one attached hydrogen (secondary N) is 1. The Bertz CT molecular complexity index is 882. The van der Waals surface area contributed by atoms with Crippen molar-refractivity contribution in [3.8, 4) is 0 Å². The molecular weight excluding hydrogens is 316 g/mol. The molecule has 1 saturated heterocycles. The molecule has 4 rings (SSSR count). The van der Waals surface area contributed by atoms with Gasteiger partial charge in [-0.3, -0.25) is 9.89 Å². The number of fused-ring (bicyclic) bond motifs is 1. The van der Waals surface area contributed by atoms with Crippen LogP contribution in [-0.2, 0) is 17.8 Å². The fourth-order valence-electron chi connectivity index (χ4n) is 3.59. The molecule has 1 unspecified atom stereocenters. The average Bonchev–Trinajstić information content (AvgIpc) is 3.22. The lowest BCUT2D eigenvalue weighted by atomic mass is 9.92. The summed E-state index contributed by atoms with van der Waals surface area (Å²) in [5.41, 5.74) is 4.10. The first-order chi connectivity index (χ1) is 12.2. The highest BCUT2D eigenvalue weighted by atomic mass is 16.2.